The van der Waals surface area contributed by atoms with Crippen molar-refractivity contribution in [1.29, 1.82) is 0 Å². The van der Waals surface area contributed by atoms with Gasteiger partial charge in [0.15, 0.2) is 0 Å². The average Bonchev–Trinajstić information content (AvgIpc) is 3.27. The number of fused-ring (bicyclic) bond motifs is 1. The summed E-state index contributed by atoms with van der Waals surface area (Å²) in [7, 11) is 0. The van der Waals surface area contributed by atoms with Crippen LogP contribution < -0.4 is 0 Å². The zero-order chi connectivity index (χ0) is 23.0. The number of hydrogen-bond acceptors (Lipinski definition) is 5. The Hall–Kier alpha value is -1.54. The molecule has 3 rings (SSSR count). The Bertz CT molecular complexity index is 745. The second-order valence-electron chi connectivity index (χ2n) is 9.45. The third kappa shape index (κ3) is 3.80. The Morgan fingerprint density at radius 3 is 2.68 bits per heavy atom. The van der Waals surface area contributed by atoms with E-state index in [2.05, 4.69) is 13.5 Å². The first kappa shape index (κ1) is 24.1. The Balaban J connectivity index is 2.03. The van der Waals surface area contributed by atoms with E-state index < -0.39 is 33.3 Å². The zero-order valence-electron chi connectivity index (χ0n) is 18.9. The van der Waals surface area contributed by atoms with E-state index in [-0.39, 0.29) is 24.5 Å². The van der Waals surface area contributed by atoms with Gasteiger partial charge in [0, 0.05) is 30.5 Å². The summed E-state index contributed by atoms with van der Waals surface area (Å²) < 4.78 is -1.23. The van der Waals surface area contributed by atoms with Crippen molar-refractivity contribution in [3.63, 3.8) is 0 Å². The summed E-state index contributed by atoms with van der Waals surface area (Å²) in [6.45, 7) is 10.6. The monoisotopic (exact) mass is 452 g/mol. The normalized spacial score (nSPS) is 34.6. The van der Waals surface area contributed by atoms with Gasteiger partial charge in [-0.3, -0.25) is 14.4 Å². The van der Waals surface area contributed by atoms with Crippen LogP contribution in [0.2, 0.25) is 0 Å². The van der Waals surface area contributed by atoms with Crippen LogP contribution in [0.25, 0.3) is 0 Å². The maximum absolute atomic E-state index is 14.0. The van der Waals surface area contributed by atoms with Gasteiger partial charge in [-0.1, -0.05) is 19.4 Å². The number of aliphatic carboxylic acids is 1. The van der Waals surface area contributed by atoms with E-state index in [1.807, 2.05) is 18.7 Å². The number of thioether (sulfide) groups is 1. The summed E-state index contributed by atoms with van der Waals surface area (Å²) >= 11 is 1.57. The van der Waals surface area contributed by atoms with Crippen LogP contribution in [0, 0.1) is 11.8 Å². The predicted octanol–water partition coefficient (Wildman–Crippen LogP) is 2.53. The SMILES string of the molecule is C=CCN(C(=O)C1N(CCCCO)C(=O)[C@@H]2[C@@H](C(=O)O)[C@@]3(C)CCC12S3)C(C)CCC. The fraction of sp³-hybridized carbons (Fsp3) is 0.783. The first-order chi connectivity index (χ1) is 14.7. The van der Waals surface area contributed by atoms with Crippen LogP contribution in [0.5, 0.6) is 0 Å². The highest BCUT2D eigenvalue weighted by molar-refractivity contribution is 8.02. The number of nitrogens with zero attached hydrogens (tertiary/aromatic N) is 2. The molecule has 3 unspecified atom stereocenters. The number of likely N-dealkylation sites (tertiary alicyclic amines) is 1. The maximum Gasteiger partial charge on any atom is 0.308 e. The lowest BCUT2D eigenvalue weighted by Crippen LogP contribution is -2.56. The first-order valence-corrected chi connectivity index (χ1v) is 12.3. The minimum absolute atomic E-state index is 0.00908. The Morgan fingerprint density at radius 1 is 1.39 bits per heavy atom. The molecule has 0 saturated carbocycles. The molecule has 8 heteroatoms. The van der Waals surface area contributed by atoms with Gasteiger partial charge in [-0.25, -0.2) is 0 Å². The molecule has 3 fully saturated rings. The minimum Gasteiger partial charge on any atom is -0.481 e. The number of amides is 2. The molecule has 0 aromatic heterocycles. The molecule has 31 heavy (non-hydrogen) atoms. The van der Waals surface area contributed by atoms with Gasteiger partial charge in [0.1, 0.15) is 6.04 Å². The van der Waals surface area contributed by atoms with Crippen LogP contribution in [-0.4, -0.2) is 79.1 Å². The summed E-state index contributed by atoms with van der Waals surface area (Å²) in [5.74, 6) is -2.70. The van der Waals surface area contributed by atoms with Gasteiger partial charge in [0.2, 0.25) is 11.8 Å². The molecule has 3 aliphatic heterocycles. The number of aliphatic hydroxyl groups excluding tert-OH is 1. The van der Waals surface area contributed by atoms with Crippen LogP contribution in [-0.2, 0) is 14.4 Å². The van der Waals surface area contributed by atoms with Crippen molar-refractivity contribution in [2.24, 2.45) is 11.8 Å². The van der Waals surface area contributed by atoms with Gasteiger partial charge >= 0.3 is 5.97 Å². The lowest BCUT2D eigenvalue weighted by atomic mass is 9.66. The van der Waals surface area contributed by atoms with E-state index in [1.165, 1.54) is 0 Å². The van der Waals surface area contributed by atoms with Gasteiger partial charge < -0.3 is 20.0 Å². The van der Waals surface area contributed by atoms with Crippen molar-refractivity contribution in [3.8, 4) is 0 Å². The number of aliphatic hydroxyl groups is 1. The van der Waals surface area contributed by atoms with Gasteiger partial charge in [-0.05, 0) is 46.0 Å². The Morgan fingerprint density at radius 2 is 2.10 bits per heavy atom. The Kier molecular flexibility index (Phi) is 7.11. The lowest BCUT2D eigenvalue weighted by molar-refractivity contribution is -0.150. The topological polar surface area (TPSA) is 98.2 Å². The number of carboxylic acids is 1. The molecule has 3 heterocycles. The van der Waals surface area contributed by atoms with Crippen LogP contribution in [0.15, 0.2) is 12.7 Å². The molecule has 0 aliphatic carbocycles. The number of unbranched alkanes of at least 4 members (excludes halogenated alkanes) is 1. The van der Waals surface area contributed by atoms with Gasteiger partial charge in [0.05, 0.1) is 16.6 Å². The van der Waals surface area contributed by atoms with E-state index in [1.54, 1.807) is 22.7 Å². The molecule has 2 N–H and O–H groups in total. The third-order valence-electron chi connectivity index (χ3n) is 7.43. The molecule has 6 atom stereocenters. The van der Waals surface area contributed by atoms with Crippen molar-refractivity contribution in [1.82, 2.24) is 9.80 Å². The number of hydrogen-bond donors (Lipinski definition) is 2. The van der Waals surface area contributed by atoms with Gasteiger partial charge in [0.25, 0.3) is 0 Å². The van der Waals surface area contributed by atoms with Crippen molar-refractivity contribution >= 4 is 29.5 Å². The van der Waals surface area contributed by atoms with Crippen LogP contribution in [0.4, 0.5) is 0 Å². The highest BCUT2D eigenvalue weighted by Gasteiger charge is 2.77. The molecule has 0 aromatic carbocycles. The summed E-state index contributed by atoms with van der Waals surface area (Å²) in [5.41, 5.74) is 0. The molecule has 0 radical (unpaired) electrons. The molecule has 3 saturated heterocycles. The maximum atomic E-state index is 14.0. The van der Waals surface area contributed by atoms with Gasteiger partial charge in [-0.15, -0.1) is 18.3 Å². The predicted molar refractivity (Wildman–Crippen MR) is 121 cm³/mol. The van der Waals surface area contributed by atoms with E-state index >= 15 is 0 Å². The molecule has 174 valence electrons. The second-order valence-corrected chi connectivity index (χ2v) is 11.3. The summed E-state index contributed by atoms with van der Waals surface area (Å²) in [6.07, 6.45) is 5.99. The summed E-state index contributed by atoms with van der Waals surface area (Å²) in [6, 6.07) is -0.658. The molecule has 2 bridgehead atoms. The highest BCUT2D eigenvalue weighted by atomic mass is 32.2. The molecular formula is C23H36N2O5S. The van der Waals surface area contributed by atoms with Crippen molar-refractivity contribution < 1.29 is 24.6 Å². The number of carboxylic acid groups (broad SMARTS) is 1. The van der Waals surface area contributed by atoms with Crippen LogP contribution in [0.3, 0.4) is 0 Å². The molecule has 0 aromatic rings. The van der Waals surface area contributed by atoms with Crippen LogP contribution >= 0.6 is 11.8 Å². The smallest absolute Gasteiger partial charge is 0.308 e. The van der Waals surface area contributed by atoms with E-state index in [0.29, 0.717) is 38.8 Å². The van der Waals surface area contributed by atoms with E-state index in [9.17, 15) is 24.6 Å². The van der Waals surface area contributed by atoms with Crippen molar-refractivity contribution in [3.05, 3.63) is 12.7 Å². The largest absolute Gasteiger partial charge is 0.481 e. The lowest BCUT2D eigenvalue weighted by Gasteiger charge is -2.39. The molecule has 3 aliphatic rings. The number of carbonyl (C=O) groups is 3. The molecule has 2 amide bonds. The quantitative estimate of drug-likeness (QED) is 0.369. The van der Waals surface area contributed by atoms with E-state index in [0.717, 1.165) is 12.8 Å². The number of carbonyl (C=O) groups excluding carboxylic acids is 2. The molecule has 1 spiro atoms. The summed E-state index contributed by atoms with van der Waals surface area (Å²) in [5, 5.41) is 19.2. The second kappa shape index (κ2) is 9.14. The Labute approximate surface area is 189 Å². The number of rotatable bonds is 11. The van der Waals surface area contributed by atoms with Crippen LogP contribution in [0.1, 0.15) is 59.3 Å². The third-order valence-corrected chi connectivity index (χ3v) is 9.42. The summed E-state index contributed by atoms with van der Waals surface area (Å²) in [4.78, 5) is 43.3. The fourth-order valence-electron chi connectivity index (χ4n) is 6.07. The average molecular weight is 453 g/mol. The van der Waals surface area contributed by atoms with E-state index in [4.69, 9.17) is 0 Å². The first-order valence-electron chi connectivity index (χ1n) is 11.4. The molecule has 7 nitrogen and oxygen atoms in total. The zero-order valence-corrected chi connectivity index (χ0v) is 19.7. The minimum atomic E-state index is -0.944. The standard InChI is InChI=1S/C23H36N2O5S/c1-5-9-15(3)24(12-6-2)20(28)18-23-11-10-22(4,31-23)17(21(29)30)16(23)19(27)25(18)13-7-8-14-26/h6,15-18,26H,2,5,7-14H2,1,3-4H3,(H,29,30)/t15?,16-,17-,18?,22+,23?/m0/s1. The highest BCUT2D eigenvalue weighted by Crippen LogP contribution is 2.71. The van der Waals surface area contributed by atoms with Crippen molar-refractivity contribution in [2.75, 3.05) is 19.7 Å². The van der Waals surface area contributed by atoms with Gasteiger partial charge in [-0.2, -0.15) is 0 Å². The molecular weight excluding hydrogens is 416 g/mol. The van der Waals surface area contributed by atoms with Crippen molar-refractivity contribution in [2.45, 2.75) is 80.9 Å². The fourth-order valence-corrected chi connectivity index (χ4v) is 8.42.